The summed E-state index contributed by atoms with van der Waals surface area (Å²) in [4.78, 5) is 12.1. The summed E-state index contributed by atoms with van der Waals surface area (Å²) >= 11 is 0. The lowest BCUT2D eigenvalue weighted by Crippen LogP contribution is -2.19. The third kappa shape index (κ3) is 7.22. The predicted octanol–water partition coefficient (Wildman–Crippen LogP) is 2.73. The fourth-order valence-electron chi connectivity index (χ4n) is 2.22. The average molecular weight is 362 g/mol. The van der Waals surface area contributed by atoms with Crippen molar-refractivity contribution < 1.29 is 19.0 Å². The van der Waals surface area contributed by atoms with Crippen molar-refractivity contribution >= 4 is 17.4 Å². The summed E-state index contributed by atoms with van der Waals surface area (Å²) in [5.41, 5.74) is 2.29. The molecule has 1 aromatic heterocycles. The molecule has 0 fully saturated rings. The normalized spacial score (nSPS) is 10.7. The van der Waals surface area contributed by atoms with Gasteiger partial charge in [0.2, 0.25) is 0 Å². The summed E-state index contributed by atoms with van der Waals surface area (Å²) in [5.74, 6) is 0. The van der Waals surface area contributed by atoms with Crippen LogP contribution in [0.2, 0.25) is 0 Å². The van der Waals surface area contributed by atoms with Crippen LogP contribution in [0, 0.1) is 0 Å². The van der Waals surface area contributed by atoms with Gasteiger partial charge in [-0.3, -0.25) is 4.68 Å². The van der Waals surface area contributed by atoms with Crippen LogP contribution in [0.5, 0.6) is 0 Å². The second kappa shape index (κ2) is 11.2. The molecule has 2 rings (SSSR count). The lowest BCUT2D eigenvalue weighted by molar-refractivity contribution is 0.0453. The van der Waals surface area contributed by atoms with Crippen molar-refractivity contribution in [3.63, 3.8) is 0 Å². The number of urea groups is 1. The number of carbonyl (C=O) groups excluding carboxylic acids is 1. The van der Waals surface area contributed by atoms with Crippen molar-refractivity contribution in [1.82, 2.24) is 9.78 Å². The van der Waals surface area contributed by atoms with Crippen LogP contribution in [0.3, 0.4) is 0 Å². The van der Waals surface area contributed by atoms with Gasteiger partial charge < -0.3 is 24.8 Å². The van der Waals surface area contributed by atoms with Crippen molar-refractivity contribution in [2.45, 2.75) is 20.1 Å². The van der Waals surface area contributed by atoms with Gasteiger partial charge in [-0.25, -0.2) is 4.79 Å². The Morgan fingerprint density at radius 3 is 2.77 bits per heavy atom. The zero-order valence-electron chi connectivity index (χ0n) is 15.2. The van der Waals surface area contributed by atoms with Gasteiger partial charge in [0.05, 0.1) is 44.9 Å². The quantitative estimate of drug-likeness (QED) is 0.600. The minimum Gasteiger partial charge on any atom is -0.383 e. The first-order valence-corrected chi connectivity index (χ1v) is 8.55. The van der Waals surface area contributed by atoms with E-state index in [0.29, 0.717) is 51.0 Å². The molecule has 0 atom stereocenters. The van der Waals surface area contributed by atoms with Gasteiger partial charge >= 0.3 is 6.03 Å². The molecule has 26 heavy (non-hydrogen) atoms. The Morgan fingerprint density at radius 2 is 1.96 bits per heavy atom. The number of anilines is 2. The second-order valence-corrected chi connectivity index (χ2v) is 5.51. The van der Waals surface area contributed by atoms with E-state index in [9.17, 15) is 4.79 Å². The highest BCUT2D eigenvalue weighted by Crippen LogP contribution is 2.13. The topological polar surface area (TPSA) is 86.6 Å². The van der Waals surface area contributed by atoms with Crippen molar-refractivity contribution in [2.24, 2.45) is 0 Å². The third-order valence-corrected chi connectivity index (χ3v) is 3.45. The van der Waals surface area contributed by atoms with Crippen LogP contribution in [-0.2, 0) is 27.4 Å². The van der Waals surface area contributed by atoms with E-state index in [1.54, 1.807) is 24.2 Å². The van der Waals surface area contributed by atoms with Crippen LogP contribution in [0.1, 0.15) is 12.5 Å². The molecule has 2 amide bonds. The summed E-state index contributed by atoms with van der Waals surface area (Å²) < 4.78 is 17.5. The summed E-state index contributed by atoms with van der Waals surface area (Å²) in [5, 5.41) is 9.70. The van der Waals surface area contributed by atoms with E-state index in [-0.39, 0.29) is 6.03 Å². The number of hydrogen-bond donors (Lipinski definition) is 2. The van der Waals surface area contributed by atoms with Crippen molar-refractivity contribution in [3.8, 4) is 0 Å². The van der Waals surface area contributed by atoms with Gasteiger partial charge in [0.15, 0.2) is 0 Å². The monoisotopic (exact) mass is 362 g/mol. The number of rotatable bonds is 11. The van der Waals surface area contributed by atoms with Crippen molar-refractivity contribution in [1.29, 1.82) is 0 Å². The van der Waals surface area contributed by atoms with Crippen LogP contribution in [-0.4, -0.2) is 49.3 Å². The molecular weight excluding hydrogens is 336 g/mol. The van der Waals surface area contributed by atoms with E-state index >= 15 is 0 Å². The summed E-state index contributed by atoms with van der Waals surface area (Å²) in [6.07, 6.45) is 3.35. The fourth-order valence-corrected chi connectivity index (χ4v) is 2.22. The number of benzene rings is 1. The Balaban J connectivity index is 1.79. The molecule has 0 spiro atoms. The zero-order valence-corrected chi connectivity index (χ0v) is 15.2. The molecular formula is C18H26N4O4. The molecule has 0 aliphatic carbocycles. The molecule has 8 heteroatoms. The first-order chi connectivity index (χ1) is 12.7. The van der Waals surface area contributed by atoms with Crippen LogP contribution in [0.25, 0.3) is 0 Å². The minimum atomic E-state index is -0.328. The molecule has 8 nitrogen and oxygen atoms in total. The van der Waals surface area contributed by atoms with Gasteiger partial charge in [0.1, 0.15) is 0 Å². The Morgan fingerprint density at radius 1 is 1.15 bits per heavy atom. The number of carbonyl (C=O) groups is 1. The van der Waals surface area contributed by atoms with E-state index in [1.165, 1.54) is 0 Å². The van der Waals surface area contributed by atoms with Gasteiger partial charge in [0, 0.05) is 25.6 Å². The maximum Gasteiger partial charge on any atom is 0.323 e. The van der Waals surface area contributed by atoms with Gasteiger partial charge in [-0.1, -0.05) is 12.1 Å². The lowest BCUT2D eigenvalue weighted by Gasteiger charge is -2.09. The molecule has 2 N–H and O–H groups in total. The zero-order chi connectivity index (χ0) is 18.6. The van der Waals surface area contributed by atoms with Gasteiger partial charge in [-0.15, -0.1) is 0 Å². The maximum absolute atomic E-state index is 12.1. The van der Waals surface area contributed by atoms with Crippen molar-refractivity contribution in [3.05, 3.63) is 42.2 Å². The Labute approximate surface area is 153 Å². The summed E-state index contributed by atoms with van der Waals surface area (Å²) in [6.45, 7) is 5.41. The van der Waals surface area contributed by atoms with E-state index in [0.717, 1.165) is 5.56 Å². The van der Waals surface area contributed by atoms with Gasteiger partial charge in [-0.2, -0.15) is 5.10 Å². The number of nitrogens with one attached hydrogen (secondary N) is 2. The number of methoxy groups -OCH3 is 1. The molecule has 0 saturated carbocycles. The van der Waals surface area contributed by atoms with Crippen LogP contribution < -0.4 is 10.6 Å². The molecule has 1 heterocycles. The molecule has 2 aromatic rings. The highest BCUT2D eigenvalue weighted by atomic mass is 16.5. The molecule has 0 bridgehead atoms. The number of hydrogen-bond acceptors (Lipinski definition) is 5. The van der Waals surface area contributed by atoms with E-state index in [4.69, 9.17) is 14.2 Å². The number of amides is 2. The lowest BCUT2D eigenvalue weighted by atomic mass is 10.2. The third-order valence-electron chi connectivity index (χ3n) is 3.45. The summed E-state index contributed by atoms with van der Waals surface area (Å²) in [7, 11) is 1.63. The van der Waals surface area contributed by atoms with Gasteiger partial charge in [0.25, 0.3) is 0 Å². The first kappa shape index (κ1) is 19.9. The molecule has 0 aliphatic heterocycles. The van der Waals surface area contributed by atoms with E-state index in [1.807, 2.05) is 31.2 Å². The average Bonchev–Trinajstić information content (AvgIpc) is 3.07. The Hall–Kier alpha value is -2.42. The minimum absolute atomic E-state index is 0.328. The maximum atomic E-state index is 12.1. The van der Waals surface area contributed by atoms with E-state index in [2.05, 4.69) is 15.7 Å². The predicted molar refractivity (Wildman–Crippen MR) is 99.3 cm³/mol. The molecule has 0 saturated heterocycles. The summed E-state index contributed by atoms with van der Waals surface area (Å²) in [6, 6.07) is 7.20. The largest absolute Gasteiger partial charge is 0.383 e. The number of nitrogens with zero attached hydrogens (tertiary/aromatic N) is 2. The van der Waals surface area contributed by atoms with Crippen LogP contribution in [0.4, 0.5) is 16.2 Å². The Kier molecular flexibility index (Phi) is 8.61. The number of aromatic nitrogens is 2. The molecule has 142 valence electrons. The fraction of sp³-hybridized carbons (Fsp3) is 0.444. The van der Waals surface area contributed by atoms with E-state index < -0.39 is 0 Å². The van der Waals surface area contributed by atoms with Crippen molar-refractivity contribution in [2.75, 3.05) is 44.2 Å². The van der Waals surface area contributed by atoms with Crippen LogP contribution in [0.15, 0.2) is 36.7 Å². The second-order valence-electron chi connectivity index (χ2n) is 5.51. The first-order valence-electron chi connectivity index (χ1n) is 8.55. The number of ether oxygens (including phenoxy) is 3. The SMILES string of the molecule is CCOCCOCc1cccc(NC(=O)Nc2cnn(CCOC)c2)c1. The molecule has 0 aliphatic rings. The highest BCUT2D eigenvalue weighted by molar-refractivity contribution is 5.99. The molecule has 1 aromatic carbocycles. The molecule has 0 radical (unpaired) electrons. The molecule has 0 unspecified atom stereocenters. The highest BCUT2D eigenvalue weighted by Gasteiger charge is 2.06. The van der Waals surface area contributed by atoms with Crippen LogP contribution >= 0.6 is 0 Å². The van der Waals surface area contributed by atoms with Gasteiger partial charge in [-0.05, 0) is 24.6 Å². The Bertz CT molecular complexity index is 675. The standard InChI is InChI=1S/C18H26N4O4/c1-3-25-9-10-26-14-15-5-4-6-16(11-15)20-18(23)21-17-12-19-22(13-17)7-8-24-2/h4-6,11-13H,3,7-10,14H2,1-2H3,(H2,20,21,23). The smallest absolute Gasteiger partial charge is 0.323 e.